The second kappa shape index (κ2) is 6.45. The van der Waals surface area contributed by atoms with E-state index in [4.69, 9.17) is 16.3 Å². The van der Waals surface area contributed by atoms with Gasteiger partial charge in [-0.2, -0.15) is 0 Å². The Morgan fingerprint density at radius 2 is 1.82 bits per heavy atom. The molecule has 0 aliphatic rings. The quantitative estimate of drug-likeness (QED) is 0.596. The Morgan fingerprint density at radius 3 is 2.29 bits per heavy atom. The number of benzene rings is 1. The van der Waals surface area contributed by atoms with Crippen molar-refractivity contribution in [3.05, 3.63) is 40.4 Å². The SMILES string of the molecule is CCOC(=O)/C(C)=C(/CC)c1ccc(Cl)cc1. The Hall–Kier alpha value is -1.28. The second-order valence-electron chi connectivity index (χ2n) is 3.68. The first-order chi connectivity index (χ1) is 8.10. The van der Waals surface area contributed by atoms with Crippen molar-refractivity contribution in [2.45, 2.75) is 27.2 Å². The molecule has 0 heterocycles. The van der Waals surface area contributed by atoms with Crippen molar-refractivity contribution in [3.63, 3.8) is 0 Å². The van der Waals surface area contributed by atoms with Crippen LogP contribution in [0.3, 0.4) is 0 Å². The molecule has 0 bridgehead atoms. The lowest BCUT2D eigenvalue weighted by Crippen LogP contribution is -2.07. The Labute approximate surface area is 107 Å². The molecule has 1 aromatic carbocycles. The molecule has 0 N–H and O–H groups in total. The monoisotopic (exact) mass is 252 g/mol. The van der Waals surface area contributed by atoms with Gasteiger partial charge in [0.15, 0.2) is 0 Å². The summed E-state index contributed by atoms with van der Waals surface area (Å²) >= 11 is 5.84. The summed E-state index contributed by atoms with van der Waals surface area (Å²) in [5.74, 6) is -0.251. The van der Waals surface area contributed by atoms with Crippen molar-refractivity contribution >= 4 is 23.1 Å². The summed E-state index contributed by atoms with van der Waals surface area (Å²) < 4.78 is 5.01. The van der Waals surface area contributed by atoms with Crippen LogP contribution in [0.5, 0.6) is 0 Å². The number of hydrogen-bond acceptors (Lipinski definition) is 2. The van der Waals surface area contributed by atoms with E-state index in [2.05, 4.69) is 0 Å². The molecule has 0 aliphatic carbocycles. The van der Waals surface area contributed by atoms with Crippen LogP contribution in [0.1, 0.15) is 32.8 Å². The van der Waals surface area contributed by atoms with Crippen LogP contribution in [0.2, 0.25) is 5.02 Å². The van der Waals surface area contributed by atoms with Crippen LogP contribution in [0.15, 0.2) is 29.8 Å². The maximum atomic E-state index is 11.7. The van der Waals surface area contributed by atoms with Crippen molar-refractivity contribution in [3.8, 4) is 0 Å². The summed E-state index contributed by atoms with van der Waals surface area (Å²) in [7, 11) is 0. The molecule has 0 aliphatic heterocycles. The first-order valence-corrected chi connectivity index (χ1v) is 6.10. The summed E-state index contributed by atoms with van der Waals surface area (Å²) in [6.45, 7) is 6.02. The number of carbonyl (C=O) groups is 1. The molecule has 0 aromatic heterocycles. The predicted octanol–water partition coefficient (Wildman–Crippen LogP) is 4.09. The normalized spacial score (nSPS) is 12.0. The highest BCUT2D eigenvalue weighted by Gasteiger charge is 2.11. The third-order valence-corrected chi connectivity index (χ3v) is 2.83. The Balaban J connectivity index is 3.09. The average Bonchev–Trinajstić information content (AvgIpc) is 2.32. The van der Waals surface area contributed by atoms with E-state index in [1.54, 1.807) is 13.8 Å². The molecule has 0 unspecified atom stereocenters. The molecule has 1 rings (SSSR count). The van der Waals surface area contributed by atoms with Gasteiger partial charge in [0, 0.05) is 10.6 Å². The van der Waals surface area contributed by atoms with Crippen LogP contribution >= 0.6 is 11.6 Å². The van der Waals surface area contributed by atoms with E-state index in [9.17, 15) is 4.79 Å². The standard InChI is InChI=1S/C14H17ClO2/c1-4-13(10(3)14(16)17-5-2)11-6-8-12(15)9-7-11/h6-9H,4-5H2,1-3H3/b13-10-. The number of hydrogen-bond donors (Lipinski definition) is 0. The summed E-state index contributed by atoms with van der Waals surface area (Å²) in [5.41, 5.74) is 2.68. The molecule has 2 nitrogen and oxygen atoms in total. The molecular formula is C14H17ClO2. The van der Waals surface area contributed by atoms with Crippen molar-refractivity contribution < 1.29 is 9.53 Å². The molecule has 0 spiro atoms. The van der Waals surface area contributed by atoms with E-state index in [1.807, 2.05) is 31.2 Å². The minimum absolute atomic E-state index is 0.251. The van der Waals surface area contributed by atoms with Crippen LogP contribution in [0, 0.1) is 0 Å². The third-order valence-electron chi connectivity index (χ3n) is 2.58. The Kier molecular flexibility index (Phi) is 5.23. The number of rotatable bonds is 4. The zero-order chi connectivity index (χ0) is 12.8. The van der Waals surface area contributed by atoms with Gasteiger partial charge in [-0.05, 0) is 43.5 Å². The van der Waals surface area contributed by atoms with Crippen molar-refractivity contribution in [2.24, 2.45) is 0 Å². The number of esters is 1. The highest BCUT2D eigenvalue weighted by Crippen LogP contribution is 2.24. The van der Waals surface area contributed by atoms with Gasteiger partial charge in [-0.25, -0.2) is 4.79 Å². The van der Waals surface area contributed by atoms with Gasteiger partial charge in [-0.15, -0.1) is 0 Å². The van der Waals surface area contributed by atoms with Crippen molar-refractivity contribution in [2.75, 3.05) is 6.61 Å². The van der Waals surface area contributed by atoms with Gasteiger partial charge in [0.25, 0.3) is 0 Å². The van der Waals surface area contributed by atoms with Crippen LogP contribution in [0.4, 0.5) is 0 Å². The molecule has 0 radical (unpaired) electrons. The fourth-order valence-electron chi connectivity index (χ4n) is 1.70. The Bertz CT molecular complexity index is 418. The number of ether oxygens (including phenoxy) is 1. The number of carbonyl (C=O) groups excluding carboxylic acids is 1. The fourth-order valence-corrected chi connectivity index (χ4v) is 1.83. The lowest BCUT2D eigenvalue weighted by Gasteiger charge is -2.10. The minimum Gasteiger partial charge on any atom is -0.463 e. The maximum Gasteiger partial charge on any atom is 0.333 e. The minimum atomic E-state index is -0.251. The molecule has 0 amide bonds. The first kappa shape index (κ1) is 13.8. The summed E-state index contributed by atoms with van der Waals surface area (Å²) in [5, 5.41) is 0.693. The topological polar surface area (TPSA) is 26.3 Å². The third kappa shape index (κ3) is 3.60. The lowest BCUT2D eigenvalue weighted by molar-refractivity contribution is -0.138. The highest BCUT2D eigenvalue weighted by atomic mass is 35.5. The maximum absolute atomic E-state index is 11.7. The van der Waals surface area contributed by atoms with Crippen LogP contribution in [0.25, 0.3) is 5.57 Å². The number of allylic oxidation sites excluding steroid dienone is 1. The molecule has 92 valence electrons. The fraction of sp³-hybridized carbons (Fsp3) is 0.357. The van der Waals surface area contributed by atoms with E-state index < -0.39 is 0 Å². The van der Waals surface area contributed by atoms with Crippen molar-refractivity contribution in [1.29, 1.82) is 0 Å². The molecule has 0 saturated carbocycles. The van der Waals surface area contributed by atoms with Gasteiger partial charge in [-0.1, -0.05) is 30.7 Å². The summed E-state index contributed by atoms with van der Waals surface area (Å²) in [6, 6.07) is 7.49. The summed E-state index contributed by atoms with van der Waals surface area (Å²) in [6.07, 6.45) is 0.784. The molecule has 3 heteroatoms. The molecule has 0 fully saturated rings. The zero-order valence-corrected chi connectivity index (χ0v) is 11.2. The van der Waals surface area contributed by atoms with E-state index in [-0.39, 0.29) is 5.97 Å². The van der Waals surface area contributed by atoms with E-state index >= 15 is 0 Å². The van der Waals surface area contributed by atoms with Crippen LogP contribution in [-0.4, -0.2) is 12.6 Å². The average molecular weight is 253 g/mol. The van der Waals surface area contributed by atoms with E-state index in [1.165, 1.54) is 0 Å². The van der Waals surface area contributed by atoms with Gasteiger partial charge in [0.2, 0.25) is 0 Å². The molecule has 17 heavy (non-hydrogen) atoms. The molecule has 0 atom stereocenters. The van der Waals surface area contributed by atoms with E-state index in [0.29, 0.717) is 17.2 Å². The number of halogens is 1. The predicted molar refractivity (Wildman–Crippen MR) is 71.0 cm³/mol. The van der Waals surface area contributed by atoms with Gasteiger partial charge < -0.3 is 4.74 Å². The molecule has 1 aromatic rings. The Morgan fingerprint density at radius 1 is 1.24 bits per heavy atom. The highest BCUT2D eigenvalue weighted by molar-refractivity contribution is 6.30. The van der Waals surface area contributed by atoms with Gasteiger partial charge >= 0.3 is 5.97 Å². The van der Waals surface area contributed by atoms with Crippen LogP contribution in [-0.2, 0) is 9.53 Å². The molecule has 0 saturated heterocycles. The lowest BCUT2D eigenvalue weighted by atomic mass is 9.98. The largest absolute Gasteiger partial charge is 0.463 e. The van der Waals surface area contributed by atoms with Crippen LogP contribution < -0.4 is 0 Å². The smallest absolute Gasteiger partial charge is 0.333 e. The van der Waals surface area contributed by atoms with Gasteiger partial charge in [0.1, 0.15) is 0 Å². The van der Waals surface area contributed by atoms with E-state index in [0.717, 1.165) is 17.6 Å². The first-order valence-electron chi connectivity index (χ1n) is 5.73. The van der Waals surface area contributed by atoms with Gasteiger partial charge in [0.05, 0.1) is 6.61 Å². The summed E-state index contributed by atoms with van der Waals surface area (Å²) in [4.78, 5) is 11.7. The van der Waals surface area contributed by atoms with Crippen molar-refractivity contribution in [1.82, 2.24) is 0 Å². The second-order valence-corrected chi connectivity index (χ2v) is 4.12. The van der Waals surface area contributed by atoms with Gasteiger partial charge in [-0.3, -0.25) is 0 Å². The zero-order valence-electron chi connectivity index (χ0n) is 10.4. The molecular weight excluding hydrogens is 236 g/mol.